The predicted molar refractivity (Wildman–Crippen MR) is 84.2 cm³/mol. The maximum atomic E-state index is 14.5. The second-order valence-electron chi connectivity index (χ2n) is 6.50. The first-order chi connectivity index (χ1) is 11.4. The fourth-order valence-corrected chi connectivity index (χ4v) is 3.83. The zero-order valence-electron chi connectivity index (χ0n) is 15.2. The summed E-state index contributed by atoms with van der Waals surface area (Å²) in [6, 6.07) is 5.11. The number of fused-ring (bicyclic) bond motifs is 1. The highest BCUT2D eigenvalue weighted by atomic mass is 19.1. The fourth-order valence-electron chi connectivity index (χ4n) is 3.83. The standard InChI is InChI=1S/C18H23FN2/c1-21-10-4-7-13(21)11-14-17-15(19)8-3-9-16(17)20-18(14)12-5-2-6-12/h3,8-9,12-13,20H,2,4-7,10-11H2,1H3/t13-/m1/s1/i1D3. The summed E-state index contributed by atoms with van der Waals surface area (Å²) in [7, 11) is 0. The van der Waals surface area contributed by atoms with E-state index >= 15 is 0 Å². The highest BCUT2D eigenvalue weighted by Crippen LogP contribution is 2.41. The van der Waals surface area contributed by atoms with Crippen LogP contribution in [-0.4, -0.2) is 29.4 Å². The van der Waals surface area contributed by atoms with Gasteiger partial charge in [0.25, 0.3) is 0 Å². The molecular formula is C18H23FN2. The van der Waals surface area contributed by atoms with Crippen LogP contribution in [-0.2, 0) is 6.42 Å². The molecule has 1 aromatic carbocycles. The van der Waals surface area contributed by atoms with Gasteiger partial charge in [-0.1, -0.05) is 12.5 Å². The quantitative estimate of drug-likeness (QED) is 0.896. The Hall–Kier alpha value is -1.35. The molecule has 0 radical (unpaired) electrons. The molecule has 1 saturated carbocycles. The lowest BCUT2D eigenvalue weighted by Gasteiger charge is -2.27. The van der Waals surface area contributed by atoms with Crippen LogP contribution in [0, 0.1) is 5.82 Å². The molecule has 2 fully saturated rings. The zero-order chi connectivity index (χ0) is 16.9. The van der Waals surface area contributed by atoms with E-state index in [1.165, 1.54) is 12.5 Å². The van der Waals surface area contributed by atoms with Gasteiger partial charge in [0.2, 0.25) is 0 Å². The number of rotatable bonds is 3. The van der Waals surface area contributed by atoms with Gasteiger partial charge >= 0.3 is 0 Å². The fraction of sp³-hybridized carbons (Fsp3) is 0.556. The van der Waals surface area contributed by atoms with Gasteiger partial charge in [0.05, 0.1) is 0 Å². The molecule has 1 N–H and O–H groups in total. The summed E-state index contributed by atoms with van der Waals surface area (Å²) in [5.41, 5.74) is 2.98. The van der Waals surface area contributed by atoms with Gasteiger partial charge in [-0.3, -0.25) is 0 Å². The second kappa shape index (κ2) is 5.13. The first-order valence-electron chi connectivity index (χ1n) is 9.51. The van der Waals surface area contributed by atoms with Crippen LogP contribution in [0.2, 0.25) is 0 Å². The van der Waals surface area contributed by atoms with Gasteiger partial charge in [-0.15, -0.1) is 0 Å². The molecule has 1 aliphatic carbocycles. The molecular weight excluding hydrogens is 263 g/mol. The number of benzene rings is 1. The summed E-state index contributed by atoms with van der Waals surface area (Å²) in [5, 5.41) is 0.664. The van der Waals surface area contributed by atoms with Crippen LogP contribution in [0.25, 0.3) is 10.9 Å². The van der Waals surface area contributed by atoms with E-state index in [0.29, 0.717) is 24.3 Å². The molecule has 1 aliphatic heterocycles. The zero-order valence-corrected chi connectivity index (χ0v) is 12.2. The smallest absolute Gasteiger partial charge is 0.132 e. The molecule has 4 rings (SSSR count). The summed E-state index contributed by atoms with van der Waals surface area (Å²) < 4.78 is 37.8. The van der Waals surface area contributed by atoms with Crippen molar-refractivity contribution in [3.05, 3.63) is 35.3 Å². The Bertz CT molecular complexity index is 749. The first kappa shape index (κ1) is 10.4. The Labute approximate surface area is 129 Å². The lowest BCUT2D eigenvalue weighted by Crippen LogP contribution is -2.27. The molecule has 0 spiro atoms. The Balaban J connectivity index is 1.74. The molecule has 2 aliphatic rings. The number of hydrogen-bond donors (Lipinski definition) is 1. The minimum Gasteiger partial charge on any atom is -0.358 e. The van der Waals surface area contributed by atoms with Gasteiger partial charge < -0.3 is 9.88 Å². The molecule has 2 heterocycles. The van der Waals surface area contributed by atoms with E-state index < -0.39 is 6.98 Å². The minimum atomic E-state index is -2.07. The number of hydrogen-bond acceptors (Lipinski definition) is 1. The number of aromatic amines is 1. The van der Waals surface area contributed by atoms with Gasteiger partial charge in [0, 0.05) is 26.8 Å². The molecule has 3 heteroatoms. The van der Waals surface area contributed by atoms with Crippen molar-refractivity contribution >= 4 is 10.9 Å². The van der Waals surface area contributed by atoms with Crippen LogP contribution >= 0.6 is 0 Å². The molecule has 1 saturated heterocycles. The van der Waals surface area contributed by atoms with Crippen LogP contribution < -0.4 is 0 Å². The van der Waals surface area contributed by atoms with E-state index in [0.717, 1.165) is 42.5 Å². The van der Waals surface area contributed by atoms with Gasteiger partial charge in [0.1, 0.15) is 5.82 Å². The number of H-pyrrole nitrogens is 1. The van der Waals surface area contributed by atoms with E-state index in [-0.39, 0.29) is 11.9 Å². The lowest BCUT2D eigenvalue weighted by molar-refractivity contribution is 0.307. The summed E-state index contributed by atoms with van der Waals surface area (Å²) in [6.45, 7) is -1.47. The van der Waals surface area contributed by atoms with Crippen LogP contribution in [0.15, 0.2) is 18.2 Å². The monoisotopic (exact) mass is 289 g/mol. The first-order valence-corrected chi connectivity index (χ1v) is 8.01. The summed E-state index contributed by atoms with van der Waals surface area (Å²) >= 11 is 0. The third-order valence-electron chi connectivity index (χ3n) is 5.24. The van der Waals surface area contributed by atoms with Crippen molar-refractivity contribution in [3.8, 4) is 0 Å². The SMILES string of the molecule is [2H]C([2H])([2H])N1CCC[C@@H]1Cc1c(C2CCC2)[nH]c2cccc(F)c12. The summed E-state index contributed by atoms with van der Waals surface area (Å²) in [4.78, 5) is 5.06. The van der Waals surface area contributed by atoms with Crippen LogP contribution in [0.3, 0.4) is 0 Å². The van der Waals surface area contributed by atoms with E-state index in [1.807, 2.05) is 6.07 Å². The highest BCUT2D eigenvalue weighted by molar-refractivity contribution is 5.85. The Kier molecular flexibility index (Phi) is 2.54. The molecule has 21 heavy (non-hydrogen) atoms. The number of nitrogens with zero attached hydrogens (tertiary/aromatic N) is 1. The van der Waals surface area contributed by atoms with Crippen LogP contribution in [0.1, 0.15) is 53.4 Å². The van der Waals surface area contributed by atoms with Crippen LogP contribution in [0.4, 0.5) is 4.39 Å². The van der Waals surface area contributed by atoms with Crippen molar-refractivity contribution in [1.29, 1.82) is 0 Å². The third kappa shape index (κ3) is 2.18. The molecule has 0 amide bonds. The Morgan fingerprint density at radius 1 is 1.33 bits per heavy atom. The lowest BCUT2D eigenvalue weighted by atomic mass is 9.80. The maximum absolute atomic E-state index is 14.5. The van der Waals surface area contributed by atoms with Crippen LogP contribution in [0.5, 0.6) is 0 Å². The molecule has 2 nitrogen and oxygen atoms in total. The molecule has 2 aromatic rings. The number of halogens is 1. The molecule has 1 aromatic heterocycles. The third-order valence-corrected chi connectivity index (χ3v) is 5.24. The Morgan fingerprint density at radius 3 is 3.00 bits per heavy atom. The number of likely N-dealkylation sites (N-methyl/N-ethyl adjacent to an activating group) is 1. The van der Waals surface area contributed by atoms with Crippen molar-refractivity contribution in [2.75, 3.05) is 13.5 Å². The number of likely N-dealkylation sites (tertiary alicyclic amines) is 1. The number of nitrogens with one attached hydrogen (secondary N) is 1. The van der Waals surface area contributed by atoms with Gasteiger partial charge in [-0.25, -0.2) is 4.39 Å². The van der Waals surface area contributed by atoms with Gasteiger partial charge in [-0.05, 0) is 69.2 Å². The summed E-state index contributed by atoms with van der Waals surface area (Å²) in [5.74, 6) is 0.261. The molecule has 0 unspecified atom stereocenters. The largest absolute Gasteiger partial charge is 0.358 e. The van der Waals surface area contributed by atoms with Crippen molar-refractivity contribution in [2.45, 2.75) is 50.5 Å². The van der Waals surface area contributed by atoms with Crippen molar-refractivity contribution in [2.24, 2.45) is 0 Å². The molecule has 112 valence electrons. The molecule has 1 atom stereocenters. The normalized spacial score (nSPS) is 26.5. The van der Waals surface area contributed by atoms with Crippen molar-refractivity contribution in [3.63, 3.8) is 0 Å². The average Bonchev–Trinajstić information content (AvgIpc) is 3.03. The van der Waals surface area contributed by atoms with Crippen molar-refractivity contribution in [1.82, 2.24) is 9.88 Å². The average molecular weight is 289 g/mol. The highest BCUT2D eigenvalue weighted by Gasteiger charge is 2.29. The van der Waals surface area contributed by atoms with Gasteiger partial charge in [-0.2, -0.15) is 0 Å². The van der Waals surface area contributed by atoms with Crippen molar-refractivity contribution < 1.29 is 8.50 Å². The van der Waals surface area contributed by atoms with E-state index in [2.05, 4.69) is 4.98 Å². The van der Waals surface area contributed by atoms with E-state index in [4.69, 9.17) is 4.11 Å². The van der Waals surface area contributed by atoms with E-state index in [9.17, 15) is 4.39 Å². The maximum Gasteiger partial charge on any atom is 0.132 e. The minimum absolute atomic E-state index is 0.0325. The number of aromatic nitrogens is 1. The predicted octanol–water partition coefficient (Wildman–Crippen LogP) is 4.21. The Morgan fingerprint density at radius 2 is 2.24 bits per heavy atom. The topological polar surface area (TPSA) is 19.0 Å². The second-order valence-corrected chi connectivity index (χ2v) is 6.50. The van der Waals surface area contributed by atoms with Gasteiger partial charge in [0.15, 0.2) is 0 Å². The molecule has 0 bridgehead atoms. The van der Waals surface area contributed by atoms with E-state index in [1.54, 1.807) is 11.0 Å². The summed E-state index contributed by atoms with van der Waals surface area (Å²) in [6.07, 6.45) is 5.86.